The summed E-state index contributed by atoms with van der Waals surface area (Å²) < 4.78 is 0. The molecule has 0 bridgehead atoms. The molecule has 110 valence electrons. The maximum absolute atomic E-state index is 12.5. The van der Waals surface area contributed by atoms with Crippen molar-refractivity contribution in [1.29, 1.82) is 0 Å². The third-order valence-electron chi connectivity index (χ3n) is 4.19. The molecule has 0 aromatic heterocycles. The fourth-order valence-electron chi connectivity index (χ4n) is 2.94. The predicted molar refractivity (Wildman–Crippen MR) is 73.3 cm³/mol. The monoisotopic (exact) mass is 298 g/mol. The molecule has 2 atom stereocenters. The summed E-state index contributed by atoms with van der Waals surface area (Å²) in [5.41, 5.74) is 0. The zero-order chi connectivity index (χ0) is 14.3. The van der Waals surface area contributed by atoms with E-state index in [1.54, 1.807) is 16.7 Å². The first-order valence-electron chi connectivity index (χ1n) is 6.98. The van der Waals surface area contributed by atoms with E-state index in [4.69, 9.17) is 0 Å². The minimum atomic E-state index is -0.950. The summed E-state index contributed by atoms with van der Waals surface area (Å²) in [5.74, 6) is -0.211. The molecule has 0 aromatic rings. The van der Waals surface area contributed by atoms with Gasteiger partial charge in [0.25, 0.3) is 0 Å². The molecule has 2 unspecified atom stereocenters. The Morgan fingerprint density at radius 1 is 1.30 bits per heavy atom. The number of aliphatic carboxylic acids is 1. The van der Waals surface area contributed by atoms with Crippen molar-refractivity contribution in [2.24, 2.45) is 5.92 Å². The van der Waals surface area contributed by atoms with Gasteiger partial charge < -0.3 is 14.9 Å². The summed E-state index contributed by atoms with van der Waals surface area (Å²) in [5, 5.41) is 9.22. The number of amides is 2. The van der Waals surface area contributed by atoms with E-state index in [2.05, 4.69) is 0 Å². The van der Waals surface area contributed by atoms with Crippen molar-refractivity contribution in [3.05, 3.63) is 0 Å². The van der Waals surface area contributed by atoms with Crippen LogP contribution in [0.5, 0.6) is 0 Å². The Morgan fingerprint density at radius 2 is 2.05 bits per heavy atom. The molecule has 2 aliphatic heterocycles. The van der Waals surface area contributed by atoms with Crippen LogP contribution in [0.25, 0.3) is 0 Å². The lowest BCUT2D eigenvalue weighted by Gasteiger charge is -2.34. The van der Waals surface area contributed by atoms with E-state index in [9.17, 15) is 19.5 Å². The van der Waals surface area contributed by atoms with Gasteiger partial charge in [-0.15, -0.1) is 0 Å². The first kappa shape index (κ1) is 13.7. The summed E-state index contributed by atoms with van der Waals surface area (Å²) in [6, 6.07) is -0.418. The number of nitrogens with zero attached hydrogens (tertiary/aromatic N) is 2. The van der Waals surface area contributed by atoms with Gasteiger partial charge in [0, 0.05) is 37.1 Å². The quantitative estimate of drug-likeness (QED) is 0.795. The van der Waals surface area contributed by atoms with Crippen molar-refractivity contribution in [3.63, 3.8) is 0 Å². The first-order chi connectivity index (χ1) is 9.58. The largest absolute Gasteiger partial charge is 0.480 e. The Balaban J connectivity index is 1.68. The van der Waals surface area contributed by atoms with Crippen LogP contribution in [0.4, 0.5) is 0 Å². The molecule has 1 N–H and O–H groups in total. The number of carboxylic acids is 1. The highest BCUT2D eigenvalue weighted by atomic mass is 32.2. The molecule has 0 spiro atoms. The second kappa shape index (κ2) is 5.27. The van der Waals surface area contributed by atoms with Crippen LogP contribution >= 0.6 is 11.8 Å². The van der Waals surface area contributed by atoms with Gasteiger partial charge in [0.15, 0.2) is 0 Å². The second-order valence-corrected chi connectivity index (χ2v) is 6.79. The third kappa shape index (κ3) is 2.51. The standard InChI is InChI=1S/C13H18N2O4S/c16-11-5-8(6-15(11)9-1-2-9)12(17)14-3-4-20-7-10(14)13(18)19/h8-10H,1-7H2,(H,18,19). The van der Waals surface area contributed by atoms with E-state index in [1.807, 2.05) is 0 Å². The van der Waals surface area contributed by atoms with Crippen molar-refractivity contribution in [1.82, 2.24) is 9.80 Å². The van der Waals surface area contributed by atoms with E-state index in [0.717, 1.165) is 18.6 Å². The van der Waals surface area contributed by atoms with Gasteiger partial charge in [0.1, 0.15) is 6.04 Å². The Kier molecular flexibility index (Phi) is 3.62. The van der Waals surface area contributed by atoms with Gasteiger partial charge in [-0.1, -0.05) is 0 Å². The molecule has 3 aliphatic rings. The second-order valence-electron chi connectivity index (χ2n) is 5.64. The number of rotatable bonds is 3. The molecule has 2 saturated heterocycles. The van der Waals surface area contributed by atoms with Crippen LogP contribution < -0.4 is 0 Å². The molecule has 2 amide bonds. The normalized spacial score (nSPS) is 30.7. The van der Waals surface area contributed by atoms with E-state index in [-0.39, 0.29) is 24.2 Å². The molecule has 3 fully saturated rings. The zero-order valence-electron chi connectivity index (χ0n) is 11.2. The van der Waals surface area contributed by atoms with Gasteiger partial charge in [-0.3, -0.25) is 9.59 Å². The first-order valence-corrected chi connectivity index (χ1v) is 8.14. The minimum Gasteiger partial charge on any atom is -0.480 e. The van der Waals surface area contributed by atoms with Crippen molar-refractivity contribution in [2.45, 2.75) is 31.3 Å². The SMILES string of the molecule is O=C(O)C1CSCCN1C(=O)C1CC(=O)N(C2CC2)C1. The molecular formula is C13H18N2O4S. The maximum atomic E-state index is 12.5. The van der Waals surface area contributed by atoms with Crippen LogP contribution in [0.3, 0.4) is 0 Å². The topological polar surface area (TPSA) is 77.9 Å². The highest BCUT2D eigenvalue weighted by Crippen LogP contribution is 2.33. The van der Waals surface area contributed by atoms with Crippen LogP contribution in [-0.2, 0) is 14.4 Å². The molecule has 1 aliphatic carbocycles. The third-order valence-corrected chi connectivity index (χ3v) is 5.21. The average Bonchev–Trinajstić information content (AvgIpc) is 3.21. The summed E-state index contributed by atoms with van der Waals surface area (Å²) in [6.07, 6.45) is 2.31. The average molecular weight is 298 g/mol. The minimum absolute atomic E-state index is 0.0455. The van der Waals surface area contributed by atoms with Crippen molar-refractivity contribution >= 4 is 29.5 Å². The fraction of sp³-hybridized carbons (Fsp3) is 0.769. The zero-order valence-corrected chi connectivity index (χ0v) is 12.0. The van der Waals surface area contributed by atoms with Crippen molar-refractivity contribution in [2.75, 3.05) is 24.6 Å². The van der Waals surface area contributed by atoms with E-state index in [0.29, 0.717) is 24.9 Å². The van der Waals surface area contributed by atoms with Gasteiger partial charge >= 0.3 is 5.97 Å². The van der Waals surface area contributed by atoms with Crippen LogP contribution in [0.2, 0.25) is 0 Å². The highest BCUT2D eigenvalue weighted by molar-refractivity contribution is 7.99. The van der Waals surface area contributed by atoms with E-state index >= 15 is 0 Å². The van der Waals surface area contributed by atoms with Crippen LogP contribution in [0, 0.1) is 5.92 Å². The molecule has 1 saturated carbocycles. The lowest BCUT2D eigenvalue weighted by molar-refractivity contribution is -0.150. The van der Waals surface area contributed by atoms with Crippen molar-refractivity contribution in [3.8, 4) is 0 Å². The van der Waals surface area contributed by atoms with Crippen molar-refractivity contribution < 1.29 is 19.5 Å². The molecule has 0 radical (unpaired) electrons. The predicted octanol–water partition coefficient (Wildman–Crippen LogP) is 0.0259. The molecule has 2 heterocycles. The summed E-state index contributed by atoms with van der Waals surface area (Å²) in [7, 11) is 0. The van der Waals surface area contributed by atoms with Gasteiger partial charge in [-0.25, -0.2) is 4.79 Å². The molecule has 3 rings (SSSR count). The van der Waals surface area contributed by atoms with Gasteiger partial charge in [0.2, 0.25) is 11.8 Å². The molecule has 0 aromatic carbocycles. The van der Waals surface area contributed by atoms with Crippen LogP contribution in [0.15, 0.2) is 0 Å². The van der Waals surface area contributed by atoms with Gasteiger partial charge in [0.05, 0.1) is 5.92 Å². The molecule has 20 heavy (non-hydrogen) atoms. The van der Waals surface area contributed by atoms with E-state index < -0.39 is 12.0 Å². The Labute approximate surface area is 121 Å². The van der Waals surface area contributed by atoms with Gasteiger partial charge in [-0.05, 0) is 12.8 Å². The van der Waals surface area contributed by atoms with Gasteiger partial charge in [-0.2, -0.15) is 11.8 Å². The van der Waals surface area contributed by atoms with E-state index in [1.165, 1.54) is 4.90 Å². The van der Waals surface area contributed by atoms with Crippen LogP contribution in [0.1, 0.15) is 19.3 Å². The lowest BCUT2D eigenvalue weighted by atomic mass is 10.1. The number of hydrogen-bond donors (Lipinski definition) is 1. The summed E-state index contributed by atoms with van der Waals surface area (Å²) >= 11 is 1.56. The number of hydrogen-bond acceptors (Lipinski definition) is 4. The smallest absolute Gasteiger partial charge is 0.327 e. The number of carbonyl (C=O) groups is 3. The molecule has 6 nitrogen and oxygen atoms in total. The Bertz CT molecular complexity index is 452. The summed E-state index contributed by atoms with van der Waals surface area (Å²) in [4.78, 5) is 38.9. The molecular weight excluding hydrogens is 280 g/mol. The summed E-state index contributed by atoms with van der Waals surface area (Å²) in [6.45, 7) is 0.937. The lowest BCUT2D eigenvalue weighted by Crippen LogP contribution is -2.52. The molecule has 7 heteroatoms. The Morgan fingerprint density at radius 3 is 2.70 bits per heavy atom. The highest BCUT2D eigenvalue weighted by Gasteiger charge is 2.44. The Hall–Kier alpha value is -1.24. The van der Waals surface area contributed by atoms with Crippen LogP contribution in [-0.4, -0.2) is 69.4 Å². The number of thioether (sulfide) groups is 1. The maximum Gasteiger partial charge on any atom is 0.327 e. The number of likely N-dealkylation sites (tertiary alicyclic amines) is 1. The number of carbonyl (C=O) groups excluding carboxylic acids is 2. The number of carboxylic acid groups (broad SMARTS) is 1. The fourth-order valence-corrected chi connectivity index (χ4v) is 3.98.